The van der Waals surface area contributed by atoms with Crippen molar-refractivity contribution >= 4 is 32.4 Å². The van der Waals surface area contributed by atoms with Gasteiger partial charge in [0.2, 0.25) is 0 Å². The topological polar surface area (TPSA) is 34.2 Å². The zero-order valence-corrected chi connectivity index (χ0v) is 12.1. The predicted octanol–water partition coefficient (Wildman–Crippen LogP) is 3.55. The first-order valence-electron chi connectivity index (χ1n) is 5.19. The van der Waals surface area contributed by atoms with Gasteiger partial charge in [0.15, 0.2) is 5.13 Å². The smallest absolute Gasteiger partial charge is 0.183 e. The summed E-state index contributed by atoms with van der Waals surface area (Å²) in [5, 5.41) is 3.97. The van der Waals surface area contributed by atoms with Crippen molar-refractivity contribution in [2.75, 3.05) is 19.5 Å². The Hall–Kier alpha value is -1.07. The van der Waals surface area contributed by atoms with Gasteiger partial charge in [0, 0.05) is 18.3 Å². The first kappa shape index (κ1) is 12.4. The number of anilines is 1. The Balaban J connectivity index is 2.27. The summed E-state index contributed by atoms with van der Waals surface area (Å²) in [4.78, 5) is 5.56. The van der Waals surface area contributed by atoms with E-state index in [0.29, 0.717) is 0 Å². The second-order valence-corrected chi connectivity index (χ2v) is 5.31. The Morgan fingerprint density at radius 3 is 2.82 bits per heavy atom. The minimum atomic E-state index is 0.823. The number of halogens is 1. The molecule has 1 N–H and O–H groups in total. The van der Waals surface area contributed by atoms with Crippen LogP contribution in [0.5, 0.6) is 5.75 Å². The van der Waals surface area contributed by atoms with Gasteiger partial charge in [-0.3, -0.25) is 0 Å². The predicted molar refractivity (Wildman–Crippen MR) is 75.2 cm³/mol. The zero-order chi connectivity index (χ0) is 12.3. The molecule has 1 aromatic carbocycles. The summed E-state index contributed by atoms with van der Waals surface area (Å²) in [7, 11) is 3.57. The highest BCUT2D eigenvalue weighted by atomic mass is 79.9. The maximum absolute atomic E-state index is 5.34. The maximum Gasteiger partial charge on any atom is 0.183 e. The highest BCUT2D eigenvalue weighted by Crippen LogP contribution is 2.31. The molecular formula is C12H13BrN2OS. The molecule has 0 bridgehead atoms. The van der Waals surface area contributed by atoms with Crippen LogP contribution < -0.4 is 10.1 Å². The van der Waals surface area contributed by atoms with Crippen LogP contribution in [0, 0.1) is 0 Å². The van der Waals surface area contributed by atoms with Gasteiger partial charge >= 0.3 is 0 Å². The lowest BCUT2D eigenvalue weighted by Crippen LogP contribution is -1.92. The largest absolute Gasteiger partial charge is 0.496 e. The fourth-order valence-electron chi connectivity index (χ4n) is 1.57. The fraction of sp³-hybridized carbons (Fsp3) is 0.250. The summed E-state index contributed by atoms with van der Waals surface area (Å²) < 4.78 is 6.24. The standard InChI is InChI=1S/C12H13BrN2OS/c1-14-12-15-11(13)10(17-12)7-8-5-3-4-6-9(8)16-2/h3-6H,7H2,1-2H3,(H,14,15). The quantitative estimate of drug-likeness (QED) is 0.937. The fourth-order valence-corrected chi connectivity index (χ4v) is 3.08. The highest BCUT2D eigenvalue weighted by Gasteiger charge is 2.11. The molecule has 90 valence electrons. The number of ether oxygens (including phenoxy) is 1. The van der Waals surface area contributed by atoms with Crippen molar-refractivity contribution < 1.29 is 4.74 Å². The van der Waals surface area contributed by atoms with Crippen LogP contribution in [0.3, 0.4) is 0 Å². The van der Waals surface area contributed by atoms with Gasteiger partial charge in [0.05, 0.1) is 7.11 Å². The van der Waals surface area contributed by atoms with Crippen molar-refractivity contribution in [1.82, 2.24) is 4.98 Å². The Bertz CT molecular complexity index is 513. The highest BCUT2D eigenvalue weighted by molar-refractivity contribution is 9.10. The van der Waals surface area contributed by atoms with Crippen LogP contribution >= 0.6 is 27.3 Å². The van der Waals surface area contributed by atoms with E-state index in [1.54, 1.807) is 18.4 Å². The van der Waals surface area contributed by atoms with Gasteiger partial charge in [0.1, 0.15) is 10.4 Å². The van der Waals surface area contributed by atoms with Gasteiger partial charge < -0.3 is 10.1 Å². The summed E-state index contributed by atoms with van der Waals surface area (Å²) in [6, 6.07) is 8.04. The van der Waals surface area contributed by atoms with Gasteiger partial charge in [-0.15, -0.1) is 11.3 Å². The molecule has 5 heteroatoms. The molecule has 2 aromatic rings. The second kappa shape index (κ2) is 5.51. The van der Waals surface area contributed by atoms with Crippen molar-refractivity contribution in [1.29, 1.82) is 0 Å². The molecule has 0 amide bonds. The number of rotatable bonds is 4. The van der Waals surface area contributed by atoms with Gasteiger partial charge in [-0.05, 0) is 27.6 Å². The molecule has 0 unspecified atom stereocenters. The van der Waals surface area contributed by atoms with E-state index < -0.39 is 0 Å². The summed E-state index contributed by atoms with van der Waals surface area (Å²) in [6.07, 6.45) is 0.823. The molecule has 0 atom stereocenters. The number of thiazole rings is 1. The van der Waals surface area contributed by atoms with Crippen LogP contribution in [0.2, 0.25) is 0 Å². The molecule has 2 rings (SSSR count). The normalized spacial score (nSPS) is 10.3. The average molecular weight is 313 g/mol. The van der Waals surface area contributed by atoms with E-state index in [9.17, 15) is 0 Å². The number of aromatic nitrogens is 1. The van der Waals surface area contributed by atoms with Crippen LogP contribution in [-0.4, -0.2) is 19.1 Å². The number of benzene rings is 1. The third-order valence-electron chi connectivity index (χ3n) is 2.41. The van der Waals surface area contributed by atoms with Crippen LogP contribution in [0.15, 0.2) is 28.9 Å². The monoisotopic (exact) mass is 312 g/mol. The van der Waals surface area contributed by atoms with Crippen molar-refractivity contribution in [3.05, 3.63) is 39.3 Å². The summed E-state index contributed by atoms with van der Waals surface area (Å²) >= 11 is 5.13. The van der Waals surface area contributed by atoms with E-state index in [0.717, 1.165) is 21.9 Å². The lowest BCUT2D eigenvalue weighted by molar-refractivity contribution is 0.410. The average Bonchev–Trinajstić information content (AvgIpc) is 2.71. The molecule has 0 fully saturated rings. The van der Waals surface area contributed by atoms with E-state index in [-0.39, 0.29) is 0 Å². The lowest BCUT2D eigenvalue weighted by Gasteiger charge is -2.06. The molecule has 0 aliphatic rings. The number of methoxy groups -OCH3 is 1. The third kappa shape index (κ3) is 2.79. The van der Waals surface area contributed by atoms with E-state index in [2.05, 4.69) is 32.3 Å². The number of para-hydroxylation sites is 1. The molecule has 1 aromatic heterocycles. The van der Waals surface area contributed by atoms with Crippen LogP contribution in [-0.2, 0) is 6.42 Å². The first-order valence-corrected chi connectivity index (χ1v) is 6.80. The van der Waals surface area contributed by atoms with Crippen LogP contribution in [0.4, 0.5) is 5.13 Å². The first-order chi connectivity index (χ1) is 8.24. The zero-order valence-electron chi connectivity index (χ0n) is 9.66. The Labute approximate surface area is 113 Å². The van der Waals surface area contributed by atoms with E-state index in [4.69, 9.17) is 4.74 Å². The van der Waals surface area contributed by atoms with Gasteiger partial charge in [-0.1, -0.05) is 18.2 Å². The molecule has 0 saturated carbocycles. The van der Waals surface area contributed by atoms with E-state index in [1.807, 2.05) is 25.2 Å². The van der Waals surface area contributed by atoms with Crippen molar-refractivity contribution in [2.45, 2.75) is 6.42 Å². The molecule has 0 radical (unpaired) electrons. The minimum absolute atomic E-state index is 0.823. The number of nitrogens with zero attached hydrogens (tertiary/aromatic N) is 1. The lowest BCUT2D eigenvalue weighted by atomic mass is 10.1. The summed E-state index contributed by atoms with van der Waals surface area (Å²) in [6.45, 7) is 0. The second-order valence-electron chi connectivity index (χ2n) is 3.47. The van der Waals surface area contributed by atoms with E-state index >= 15 is 0 Å². The van der Waals surface area contributed by atoms with Crippen LogP contribution in [0.1, 0.15) is 10.4 Å². The third-order valence-corrected chi connectivity index (χ3v) is 4.40. The van der Waals surface area contributed by atoms with Gasteiger partial charge in [-0.25, -0.2) is 4.98 Å². The van der Waals surface area contributed by atoms with Crippen molar-refractivity contribution in [3.63, 3.8) is 0 Å². The Morgan fingerprint density at radius 1 is 1.41 bits per heavy atom. The number of hydrogen-bond donors (Lipinski definition) is 1. The SMILES string of the molecule is CNc1nc(Br)c(Cc2ccccc2OC)s1. The maximum atomic E-state index is 5.34. The Morgan fingerprint density at radius 2 is 2.18 bits per heavy atom. The molecule has 0 saturated heterocycles. The Kier molecular flexibility index (Phi) is 4.02. The van der Waals surface area contributed by atoms with Crippen molar-refractivity contribution in [2.24, 2.45) is 0 Å². The van der Waals surface area contributed by atoms with Gasteiger partial charge in [0.25, 0.3) is 0 Å². The van der Waals surface area contributed by atoms with Crippen LogP contribution in [0.25, 0.3) is 0 Å². The molecule has 1 heterocycles. The summed E-state index contributed by atoms with van der Waals surface area (Å²) in [5.41, 5.74) is 1.17. The molecule has 17 heavy (non-hydrogen) atoms. The molecule has 0 spiro atoms. The summed E-state index contributed by atoms with van der Waals surface area (Å²) in [5.74, 6) is 0.916. The molecule has 0 aliphatic carbocycles. The van der Waals surface area contributed by atoms with Gasteiger partial charge in [-0.2, -0.15) is 0 Å². The van der Waals surface area contributed by atoms with Crippen molar-refractivity contribution in [3.8, 4) is 5.75 Å². The molecular weight excluding hydrogens is 300 g/mol. The number of hydrogen-bond acceptors (Lipinski definition) is 4. The molecule has 3 nitrogen and oxygen atoms in total. The minimum Gasteiger partial charge on any atom is -0.496 e. The van der Waals surface area contributed by atoms with E-state index in [1.165, 1.54) is 10.4 Å². The molecule has 0 aliphatic heterocycles. The number of nitrogens with one attached hydrogen (secondary N) is 1.